The standard InChI is InChI=1S/C12H8BF3N2O2S/c13-11-10(6-8(7-17-11)12(14,15)16)18-21(19,20)9-4-2-1-3-5-9/h1-7,18H. The van der Waals surface area contributed by atoms with Gasteiger partial charge in [0.1, 0.15) is 7.85 Å². The summed E-state index contributed by atoms with van der Waals surface area (Å²) < 4.78 is 63.9. The number of benzene rings is 1. The minimum absolute atomic E-state index is 0.0955. The lowest BCUT2D eigenvalue weighted by Crippen LogP contribution is -2.22. The van der Waals surface area contributed by atoms with Crippen LogP contribution in [0.15, 0.2) is 47.5 Å². The van der Waals surface area contributed by atoms with Crippen molar-refractivity contribution in [2.45, 2.75) is 11.1 Å². The molecule has 0 fully saturated rings. The van der Waals surface area contributed by atoms with Crippen LogP contribution in [0.25, 0.3) is 0 Å². The summed E-state index contributed by atoms with van der Waals surface area (Å²) in [6, 6.07) is 7.80. The molecule has 2 aromatic rings. The molecule has 108 valence electrons. The quantitative estimate of drug-likeness (QED) is 0.878. The summed E-state index contributed by atoms with van der Waals surface area (Å²) in [5.41, 5.74) is -1.86. The summed E-state index contributed by atoms with van der Waals surface area (Å²) in [6.07, 6.45) is -4.11. The molecule has 21 heavy (non-hydrogen) atoms. The molecule has 1 N–H and O–H groups in total. The van der Waals surface area contributed by atoms with E-state index in [0.717, 1.165) is 0 Å². The number of aromatic nitrogens is 1. The van der Waals surface area contributed by atoms with E-state index in [2.05, 4.69) is 4.98 Å². The molecule has 1 heterocycles. The first-order valence-corrected chi connectivity index (χ1v) is 7.09. The minimum Gasteiger partial charge on any atom is -0.279 e. The molecule has 0 bridgehead atoms. The number of nitrogens with zero attached hydrogens (tertiary/aromatic N) is 1. The van der Waals surface area contributed by atoms with Crippen molar-refractivity contribution in [2.75, 3.05) is 4.72 Å². The van der Waals surface area contributed by atoms with E-state index < -0.39 is 27.5 Å². The number of rotatable bonds is 3. The Labute approximate surface area is 120 Å². The van der Waals surface area contributed by atoms with Gasteiger partial charge in [0.2, 0.25) is 0 Å². The van der Waals surface area contributed by atoms with Gasteiger partial charge in [0.25, 0.3) is 10.0 Å². The Morgan fingerprint density at radius 1 is 1.14 bits per heavy atom. The first-order chi connectivity index (χ1) is 9.70. The summed E-state index contributed by atoms with van der Waals surface area (Å²) in [5, 5.41) is 0. The Balaban J connectivity index is 2.40. The van der Waals surface area contributed by atoms with Gasteiger partial charge in [0.15, 0.2) is 0 Å². The lowest BCUT2D eigenvalue weighted by molar-refractivity contribution is -0.137. The molecule has 4 nitrogen and oxygen atoms in total. The molecule has 2 rings (SSSR count). The highest BCUT2D eigenvalue weighted by Gasteiger charge is 2.31. The van der Waals surface area contributed by atoms with Crippen LogP contribution in [0, 0.1) is 0 Å². The van der Waals surface area contributed by atoms with Crippen LogP contribution in [0.1, 0.15) is 5.56 Å². The van der Waals surface area contributed by atoms with Gasteiger partial charge in [-0.05, 0) is 18.2 Å². The lowest BCUT2D eigenvalue weighted by Gasteiger charge is -2.13. The molecule has 0 aliphatic carbocycles. The Kier molecular flexibility index (Phi) is 3.95. The molecular weight excluding hydrogens is 304 g/mol. The van der Waals surface area contributed by atoms with Gasteiger partial charge in [-0.1, -0.05) is 18.2 Å². The zero-order valence-corrected chi connectivity index (χ0v) is 11.2. The number of sulfonamides is 1. The third-order valence-electron chi connectivity index (χ3n) is 2.54. The third-order valence-corrected chi connectivity index (χ3v) is 3.93. The SMILES string of the molecule is [B]c1ncc(C(F)(F)F)cc1NS(=O)(=O)c1ccccc1. The third kappa shape index (κ3) is 3.54. The van der Waals surface area contributed by atoms with E-state index in [4.69, 9.17) is 7.85 Å². The van der Waals surface area contributed by atoms with Crippen molar-refractivity contribution in [3.63, 3.8) is 0 Å². The molecular formula is C12H8BF3N2O2S. The minimum atomic E-state index is -4.65. The Bertz CT molecular complexity index is 749. The first kappa shape index (κ1) is 15.4. The molecule has 0 spiro atoms. The second kappa shape index (κ2) is 5.40. The second-order valence-corrected chi connectivity index (χ2v) is 5.76. The van der Waals surface area contributed by atoms with Crippen molar-refractivity contribution in [1.29, 1.82) is 0 Å². The van der Waals surface area contributed by atoms with Gasteiger partial charge in [-0.25, -0.2) is 8.42 Å². The fourth-order valence-electron chi connectivity index (χ4n) is 1.52. The van der Waals surface area contributed by atoms with Crippen molar-refractivity contribution in [3.05, 3.63) is 48.2 Å². The number of hydrogen-bond donors (Lipinski definition) is 1. The highest BCUT2D eigenvalue weighted by molar-refractivity contribution is 7.92. The predicted molar refractivity (Wildman–Crippen MR) is 71.9 cm³/mol. The van der Waals surface area contributed by atoms with Crippen molar-refractivity contribution in [1.82, 2.24) is 4.98 Å². The number of anilines is 1. The molecule has 0 aliphatic rings. The van der Waals surface area contributed by atoms with Crippen LogP contribution < -0.4 is 10.3 Å². The number of pyridine rings is 1. The maximum Gasteiger partial charge on any atom is 0.417 e. The summed E-state index contributed by atoms with van der Waals surface area (Å²) >= 11 is 0. The zero-order valence-electron chi connectivity index (χ0n) is 10.4. The molecule has 2 radical (unpaired) electrons. The molecule has 1 aromatic heterocycles. The van der Waals surface area contributed by atoms with Crippen LogP contribution in [-0.2, 0) is 16.2 Å². The van der Waals surface area contributed by atoms with Crippen molar-refractivity contribution in [2.24, 2.45) is 0 Å². The van der Waals surface area contributed by atoms with Crippen LogP contribution in [-0.4, -0.2) is 21.2 Å². The van der Waals surface area contributed by atoms with E-state index >= 15 is 0 Å². The number of hydrogen-bond acceptors (Lipinski definition) is 3. The average Bonchev–Trinajstić information content (AvgIpc) is 2.41. The number of nitrogens with one attached hydrogen (secondary N) is 1. The maximum absolute atomic E-state index is 12.6. The van der Waals surface area contributed by atoms with E-state index in [1.54, 1.807) is 6.07 Å². The number of alkyl halides is 3. The topological polar surface area (TPSA) is 59.1 Å². The van der Waals surface area contributed by atoms with Gasteiger partial charge in [-0.15, -0.1) is 0 Å². The van der Waals surface area contributed by atoms with Crippen LogP contribution in [0.4, 0.5) is 18.9 Å². The van der Waals surface area contributed by atoms with E-state index in [-0.39, 0.29) is 10.5 Å². The van der Waals surface area contributed by atoms with Crippen LogP contribution in [0.2, 0.25) is 0 Å². The number of halogens is 3. The highest BCUT2D eigenvalue weighted by Crippen LogP contribution is 2.29. The van der Waals surface area contributed by atoms with E-state index in [0.29, 0.717) is 12.3 Å². The fraction of sp³-hybridized carbons (Fsp3) is 0.0833. The molecule has 0 aliphatic heterocycles. The van der Waals surface area contributed by atoms with Gasteiger partial charge in [0.05, 0.1) is 16.1 Å². The molecule has 0 unspecified atom stereocenters. The highest BCUT2D eigenvalue weighted by atomic mass is 32.2. The maximum atomic E-state index is 12.6. The zero-order chi connectivity index (χ0) is 15.7. The molecule has 0 saturated carbocycles. The smallest absolute Gasteiger partial charge is 0.279 e. The Morgan fingerprint density at radius 2 is 1.76 bits per heavy atom. The summed E-state index contributed by atoms with van der Waals surface area (Å²) in [4.78, 5) is 3.26. The second-order valence-electron chi connectivity index (χ2n) is 4.07. The van der Waals surface area contributed by atoms with Gasteiger partial charge >= 0.3 is 6.18 Å². The summed E-state index contributed by atoms with van der Waals surface area (Å²) in [6.45, 7) is 0. The molecule has 0 saturated heterocycles. The van der Waals surface area contributed by atoms with Crippen LogP contribution in [0.5, 0.6) is 0 Å². The largest absolute Gasteiger partial charge is 0.417 e. The van der Waals surface area contributed by atoms with Crippen molar-refractivity contribution < 1.29 is 21.6 Å². The van der Waals surface area contributed by atoms with Gasteiger partial charge < -0.3 is 0 Å². The van der Waals surface area contributed by atoms with Crippen LogP contribution in [0.3, 0.4) is 0 Å². The van der Waals surface area contributed by atoms with E-state index in [1.165, 1.54) is 24.3 Å². The first-order valence-electron chi connectivity index (χ1n) is 5.61. The molecule has 9 heteroatoms. The molecule has 1 aromatic carbocycles. The van der Waals surface area contributed by atoms with Gasteiger partial charge in [-0.3, -0.25) is 9.71 Å². The fourth-order valence-corrected chi connectivity index (χ4v) is 2.60. The molecule has 0 atom stereocenters. The normalized spacial score (nSPS) is 12.1. The summed E-state index contributed by atoms with van der Waals surface area (Å²) in [5.74, 6) is 0. The van der Waals surface area contributed by atoms with E-state index in [9.17, 15) is 21.6 Å². The predicted octanol–water partition coefficient (Wildman–Crippen LogP) is 1.69. The van der Waals surface area contributed by atoms with Gasteiger partial charge in [0, 0.05) is 11.8 Å². The Hall–Kier alpha value is -2.03. The molecule has 0 amide bonds. The van der Waals surface area contributed by atoms with Crippen molar-refractivity contribution >= 4 is 29.2 Å². The summed E-state index contributed by atoms with van der Waals surface area (Å²) in [7, 11) is 1.38. The van der Waals surface area contributed by atoms with Crippen LogP contribution >= 0.6 is 0 Å². The van der Waals surface area contributed by atoms with E-state index in [1.807, 2.05) is 4.72 Å². The Morgan fingerprint density at radius 3 is 2.33 bits per heavy atom. The average molecular weight is 312 g/mol. The van der Waals surface area contributed by atoms with Gasteiger partial charge in [-0.2, -0.15) is 13.2 Å². The van der Waals surface area contributed by atoms with Crippen molar-refractivity contribution in [3.8, 4) is 0 Å². The monoisotopic (exact) mass is 312 g/mol. The lowest BCUT2D eigenvalue weighted by atomic mass is 10.0.